The van der Waals surface area contributed by atoms with Gasteiger partial charge in [0.2, 0.25) is 0 Å². The zero-order valence-electron chi connectivity index (χ0n) is 50.0. The molecule has 0 aromatic carbocycles. The standard InChI is InChI=1S/C70H120O6/c1-4-7-10-13-16-19-22-25-28-31-32-33-34-35-36-37-38-40-42-45-48-51-54-57-60-63-69(72)75-66-67(65-74-68(71)62-59-56-53-50-47-44-41-30-27-24-21-18-15-12-9-6-3)76-70(73)64-61-58-55-52-49-46-43-39-29-26-23-20-17-14-11-8-5-2/h7,10,16,19,25-26,28-30,32-33,35-36,38,40-41,67H,4-6,8-9,11-15,17-18,20-24,27,31,34,37,39,42-66H2,1-3H3/b10-7-,19-16-,28-25-,29-26-,33-32-,36-35-,40-38-,41-30-. The third-order valence-electron chi connectivity index (χ3n) is 13.8. The molecule has 436 valence electrons. The number of carbonyl (C=O) groups excluding carboxylic acids is 3. The Morgan fingerprint density at radius 2 is 0.513 bits per heavy atom. The van der Waals surface area contributed by atoms with E-state index in [9.17, 15) is 14.4 Å². The molecule has 0 radical (unpaired) electrons. The average molecular weight is 1060 g/mol. The Bertz CT molecular complexity index is 1490. The fourth-order valence-corrected chi connectivity index (χ4v) is 8.97. The molecule has 0 saturated heterocycles. The molecule has 6 heteroatoms. The molecule has 0 amide bonds. The number of esters is 3. The smallest absolute Gasteiger partial charge is 0.306 e. The van der Waals surface area contributed by atoms with E-state index in [1.165, 1.54) is 154 Å². The number of hydrogen-bond acceptors (Lipinski definition) is 6. The van der Waals surface area contributed by atoms with E-state index in [1.807, 2.05) is 0 Å². The van der Waals surface area contributed by atoms with E-state index in [2.05, 4.69) is 118 Å². The van der Waals surface area contributed by atoms with Crippen molar-refractivity contribution in [3.05, 3.63) is 97.2 Å². The Morgan fingerprint density at radius 3 is 0.816 bits per heavy atom. The minimum Gasteiger partial charge on any atom is -0.462 e. The molecule has 0 aromatic rings. The van der Waals surface area contributed by atoms with Crippen LogP contribution in [0.15, 0.2) is 97.2 Å². The molecule has 0 heterocycles. The molecule has 0 spiro atoms. The van der Waals surface area contributed by atoms with Crippen LogP contribution in [0.3, 0.4) is 0 Å². The summed E-state index contributed by atoms with van der Waals surface area (Å²) in [4.78, 5) is 38.3. The molecule has 0 aromatic heterocycles. The van der Waals surface area contributed by atoms with Crippen molar-refractivity contribution in [1.82, 2.24) is 0 Å². The summed E-state index contributed by atoms with van der Waals surface area (Å²) in [5.41, 5.74) is 0. The third kappa shape index (κ3) is 61.2. The van der Waals surface area contributed by atoms with E-state index < -0.39 is 6.10 Å². The number of ether oxygens (including phenoxy) is 3. The lowest BCUT2D eigenvalue weighted by Gasteiger charge is -2.18. The summed E-state index contributed by atoms with van der Waals surface area (Å²) in [7, 11) is 0. The van der Waals surface area contributed by atoms with Crippen LogP contribution in [-0.4, -0.2) is 37.2 Å². The molecule has 0 N–H and O–H groups in total. The Morgan fingerprint density at radius 1 is 0.276 bits per heavy atom. The zero-order valence-corrected chi connectivity index (χ0v) is 50.0. The highest BCUT2D eigenvalue weighted by atomic mass is 16.6. The average Bonchev–Trinajstić information content (AvgIpc) is 3.42. The van der Waals surface area contributed by atoms with Gasteiger partial charge >= 0.3 is 17.9 Å². The maximum atomic E-state index is 12.9. The Kier molecular flexibility index (Phi) is 60.8. The van der Waals surface area contributed by atoms with Gasteiger partial charge in [0.1, 0.15) is 13.2 Å². The molecule has 0 fully saturated rings. The lowest BCUT2D eigenvalue weighted by Crippen LogP contribution is -2.30. The molecule has 1 atom stereocenters. The van der Waals surface area contributed by atoms with E-state index in [1.54, 1.807) is 0 Å². The normalized spacial score (nSPS) is 12.7. The van der Waals surface area contributed by atoms with Gasteiger partial charge in [0.25, 0.3) is 0 Å². The van der Waals surface area contributed by atoms with Crippen molar-refractivity contribution in [3.8, 4) is 0 Å². The van der Waals surface area contributed by atoms with Crippen LogP contribution in [0.2, 0.25) is 0 Å². The molecule has 0 aliphatic rings. The maximum Gasteiger partial charge on any atom is 0.306 e. The Labute approximate surface area is 470 Å². The minimum absolute atomic E-state index is 0.0874. The van der Waals surface area contributed by atoms with Crippen LogP contribution >= 0.6 is 0 Å². The maximum absolute atomic E-state index is 12.9. The number of unbranched alkanes of at least 4 members (excludes halogenated alkanes) is 31. The van der Waals surface area contributed by atoms with Gasteiger partial charge in [-0.1, -0.05) is 266 Å². The van der Waals surface area contributed by atoms with Gasteiger partial charge in [0, 0.05) is 19.3 Å². The highest BCUT2D eigenvalue weighted by Gasteiger charge is 2.19. The lowest BCUT2D eigenvalue weighted by molar-refractivity contribution is -0.167. The third-order valence-corrected chi connectivity index (χ3v) is 13.8. The van der Waals surface area contributed by atoms with Crippen molar-refractivity contribution in [2.24, 2.45) is 0 Å². The molecular formula is C70H120O6. The van der Waals surface area contributed by atoms with E-state index in [-0.39, 0.29) is 31.1 Å². The molecular weight excluding hydrogens is 937 g/mol. The summed E-state index contributed by atoms with van der Waals surface area (Å²) in [5, 5.41) is 0. The van der Waals surface area contributed by atoms with Crippen LogP contribution in [0.1, 0.15) is 310 Å². The summed E-state index contributed by atoms with van der Waals surface area (Å²) in [6.45, 7) is 6.52. The highest BCUT2D eigenvalue weighted by molar-refractivity contribution is 5.71. The van der Waals surface area contributed by atoms with Crippen LogP contribution in [-0.2, 0) is 28.6 Å². The summed E-state index contributed by atoms with van der Waals surface area (Å²) >= 11 is 0. The van der Waals surface area contributed by atoms with E-state index in [0.717, 1.165) is 116 Å². The van der Waals surface area contributed by atoms with Crippen molar-refractivity contribution in [1.29, 1.82) is 0 Å². The van der Waals surface area contributed by atoms with Gasteiger partial charge in [-0.3, -0.25) is 14.4 Å². The quantitative estimate of drug-likeness (QED) is 0.0261. The van der Waals surface area contributed by atoms with Crippen molar-refractivity contribution in [3.63, 3.8) is 0 Å². The van der Waals surface area contributed by atoms with Crippen molar-refractivity contribution >= 4 is 17.9 Å². The second kappa shape index (κ2) is 63.9. The topological polar surface area (TPSA) is 78.9 Å². The first-order valence-electron chi connectivity index (χ1n) is 32.2. The van der Waals surface area contributed by atoms with E-state index in [0.29, 0.717) is 19.3 Å². The van der Waals surface area contributed by atoms with Gasteiger partial charge in [-0.15, -0.1) is 0 Å². The Balaban J connectivity index is 4.40. The highest BCUT2D eigenvalue weighted by Crippen LogP contribution is 2.15. The van der Waals surface area contributed by atoms with Crippen LogP contribution in [0.5, 0.6) is 0 Å². The first-order chi connectivity index (χ1) is 37.5. The number of carbonyl (C=O) groups is 3. The molecule has 0 rings (SSSR count). The van der Waals surface area contributed by atoms with Gasteiger partial charge in [-0.2, -0.15) is 0 Å². The summed E-state index contributed by atoms with van der Waals surface area (Å²) < 4.78 is 16.9. The first-order valence-corrected chi connectivity index (χ1v) is 32.2. The fourth-order valence-electron chi connectivity index (χ4n) is 8.97. The van der Waals surface area contributed by atoms with Gasteiger partial charge < -0.3 is 14.2 Å². The predicted molar refractivity (Wildman–Crippen MR) is 330 cm³/mol. The van der Waals surface area contributed by atoms with Crippen LogP contribution in [0.4, 0.5) is 0 Å². The molecule has 0 aliphatic carbocycles. The van der Waals surface area contributed by atoms with Crippen LogP contribution < -0.4 is 0 Å². The van der Waals surface area contributed by atoms with Crippen molar-refractivity contribution in [2.75, 3.05) is 13.2 Å². The number of allylic oxidation sites excluding steroid dienone is 16. The summed E-state index contributed by atoms with van der Waals surface area (Å²) in [5.74, 6) is -0.904. The fraction of sp³-hybridized carbons (Fsp3) is 0.729. The largest absolute Gasteiger partial charge is 0.462 e. The van der Waals surface area contributed by atoms with Gasteiger partial charge in [0.15, 0.2) is 6.10 Å². The second-order valence-electron chi connectivity index (χ2n) is 21.3. The number of hydrogen-bond donors (Lipinski definition) is 0. The Hall–Kier alpha value is -3.67. The summed E-state index contributed by atoms with van der Waals surface area (Å²) in [6, 6.07) is 0. The monoisotopic (exact) mass is 1060 g/mol. The summed E-state index contributed by atoms with van der Waals surface area (Å²) in [6.07, 6.45) is 85.5. The zero-order chi connectivity index (χ0) is 55.0. The number of rotatable bonds is 58. The molecule has 0 saturated carbocycles. The molecule has 6 nitrogen and oxygen atoms in total. The predicted octanol–water partition coefficient (Wildman–Crippen LogP) is 22.0. The minimum atomic E-state index is -0.791. The molecule has 76 heavy (non-hydrogen) atoms. The SMILES string of the molecule is CC/C=C\C/C=C\C/C=C\C/C=C\C/C=C\C/C=C\CCCCCCCCC(=O)OCC(COC(=O)CCCCCCC/C=C\CCCCCCCCC)OC(=O)CCCCCCCCC/C=C\CCCCCCCC. The van der Waals surface area contributed by atoms with Gasteiger partial charge in [-0.25, -0.2) is 0 Å². The van der Waals surface area contributed by atoms with E-state index in [4.69, 9.17) is 14.2 Å². The van der Waals surface area contributed by atoms with Crippen LogP contribution in [0, 0.1) is 0 Å². The second-order valence-corrected chi connectivity index (χ2v) is 21.3. The molecule has 1 unspecified atom stereocenters. The van der Waals surface area contributed by atoms with Crippen LogP contribution in [0.25, 0.3) is 0 Å². The van der Waals surface area contributed by atoms with Crippen molar-refractivity contribution in [2.45, 2.75) is 316 Å². The van der Waals surface area contributed by atoms with E-state index >= 15 is 0 Å². The van der Waals surface area contributed by atoms with Gasteiger partial charge in [0.05, 0.1) is 0 Å². The van der Waals surface area contributed by atoms with Gasteiger partial charge in [-0.05, 0) is 122 Å². The molecule has 0 bridgehead atoms. The van der Waals surface area contributed by atoms with Crippen molar-refractivity contribution < 1.29 is 28.6 Å². The molecule has 0 aliphatic heterocycles. The first kappa shape index (κ1) is 72.3. The lowest BCUT2D eigenvalue weighted by atomic mass is 10.1.